The fourth-order valence-corrected chi connectivity index (χ4v) is 5.71. The third-order valence-electron chi connectivity index (χ3n) is 6.85. The van der Waals surface area contributed by atoms with Crippen molar-refractivity contribution in [1.82, 2.24) is 25.1 Å². The van der Waals surface area contributed by atoms with Crippen LogP contribution in [0.4, 0.5) is 5.69 Å². The summed E-state index contributed by atoms with van der Waals surface area (Å²) >= 11 is 9.85. The van der Waals surface area contributed by atoms with E-state index in [4.69, 9.17) is 11.6 Å². The Labute approximate surface area is 248 Å². The predicted octanol–water partition coefficient (Wildman–Crippen LogP) is 5.29. The van der Waals surface area contributed by atoms with E-state index in [1.165, 1.54) is 46.3 Å². The Morgan fingerprint density at radius 2 is 1.88 bits per heavy atom. The molecular formula is C29H24BrClN6O4. The van der Waals surface area contributed by atoms with E-state index >= 15 is 0 Å². The van der Waals surface area contributed by atoms with Crippen molar-refractivity contribution >= 4 is 57.1 Å². The van der Waals surface area contributed by atoms with Gasteiger partial charge in [-0.05, 0) is 70.6 Å². The Morgan fingerprint density at radius 1 is 1.12 bits per heavy atom. The van der Waals surface area contributed by atoms with Gasteiger partial charge in [-0.25, -0.2) is 4.79 Å². The first-order chi connectivity index (χ1) is 19.5. The number of aromatic carboxylic acids is 1. The quantitative estimate of drug-likeness (QED) is 0.275. The average Bonchev–Trinajstić information content (AvgIpc) is 3.47. The molecule has 0 radical (unpaired) electrons. The zero-order valence-electron chi connectivity index (χ0n) is 22.0. The molecule has 2 N–H and O–H groups in total. The molecule has 0 fully saturated rings. The van der Waals surface area contributed by atoms with Crippen molar-refractivity contribution in [3.05, 3.63) is 105 Å². The number of halogens is 2. The number of carboxylic acids is 1. The minimum absolute atomic E-state index is 0.0968. The number of tetrazole rings is 1. The number of amides is 2. The molecule has 0 bridgehead atoms. The van der Waals surface area contributed by atoms with Gasteiger partial charge in [0.05, 0.1) is 11.3 Å². The van der Waals surface area contributed by atoms with Gasteiger partial charge >= 0.3 is 5.97 Å². The maximum atomic E-state index is 13.8. The standard InChI is InChI=1S/C29H24BrClN6O4/c1-29(2)15-36(24(38)13-8-18-14-19(31)9-12-23(18)37-16-32-34-35-37)26(25-21(29)4-3-5-22(25)30)27(39)33-20-10-6-17(7-11-20)28(40)41/h3-14,16,26H,15H2,1-2H3,(H,33,39)(H,40,41). The minimum atomic E-state index is -1.07. The fourth-order valence-electron chi connectivity index (χ4n) is 4.94. The fraction of sp³-hybridized carbons (Fsp3) is 0.172. The van der Waals surface area contributed by atoms with Crippen LogP contribution in [-0.2, 0) is 15.0 Å². The molecule has 10 nitrogen and oxygen atoms in total. The first kappa shape index (κ1) is 28.2. The lowest BCUT2D eigenvalue weighted by Crippen LogP contribution is -2.51. The first-order valence-corrected chi connectivity index (χ1v) is 13.7. The summed E-state index contributed by atoms with van der Waals surface area (Å²) in [7, 11) is 0. The number of carbonyl (C=O) groups excluding carboxylic acids is 2. The summed E-state index contributed by atoms with van der Waals surface area (Å²) in [6, 6.07) is 15.7. The van der Waals surface area contributed by atoms with Crippen molar-refractivity contribution in [3.63, 3.8) is 0 Å². The van der Waals surface area contributed by atoms with Crippen LogP contribution < -0.4 is 5.32 Å². The number of rotatable bonds is 6. The summed E-state index contributed by atoms with van der Waals surface area (Å²) in [5, 5.41) is 23.8. The molecular weight excluding hydrogens is 612 g/mol. The summed E-state index contributed by atoms with van der Waals surface area (Å²) in [6.45, 7) is 4.31. The van der Waals surface area contributed by atoms with Gasteiger partial charge in [0.1, 0.15) is 12.4 Å². The zero-order valence-corrected chi connectivity index (χ0v) is 24.3. The molecule has 1 atom stereocenters. The Morgan fingerprint density at radius 3 is 2.56 bits per heavy atom. The topological polar surface area (TPSA) is 130 Å². The SMILES string of the molecule is CC1(C)CN(C(=O)C=Cc2cc(Cl)ccc2-n2cnnn2)C(C(=O)Nc2ccc(C(=O)O)cc2)c2c(Br)cccc21. The van der Waals surface area contributed by atoms with Gasteiger partial charge in [0.15, 0.2) is 0 Å². The number of fused-ring (bicyclic) bond motifs is 1. The lowest BCUT2D eigenvalue weighted by Gasteiger charge is -2.44. The molecule has 2 heterocycles. The molecule has 0 saturated heterocycles. The molecule has 41 heavy (non-hydrogen) atoms. The van der Waals surface area contributed by atoms with Crippen LogP contribution in [-0.4, -0.2) is 54.5 Å². The molecule has 0 aliphatic carbocycles. The molecule has 1 unspecified atom stereocenters. The van der Waals surface area contributed by atoms with Crippen LogP contribution in [0, 0.1) is 0 Å². The van der Waals surface area contributed by atoms with Gasteiger partial charge in [0, 0.05) is 44.3 Å². The van der Waals surface area contributed by atoms with Crippen molar-refractivity contribution in [1.29, 1.82) is 0 Å². The van der Waals surface area contributed by atoms with Crippen LogP contribution >= 0.6 is 27.5 Å². The molecule has 1 aliphatic heterocycles. The first-order valence-electron chi connectivity index (χ1n) is 12.5. The second-order valence-electron chi connectivity index (χ2n) is 10.1. The van der Waals surface area contributed by atoms with E-state index in [1.807, 2.05) is 32.0 Å². The van der Waals surface area contributed by atoms with Crippen LogP contribution in [0.1, 0.15) is 46.9 Å². The summed E-state index contributed by atoms with van der Waals surface area (Å²) in [5.74, 6) is -1.89. The van der Waals surface area contributed by atoms with E-state index in [0.29, 0.717) is 32.0 Å². The van der Waals surface area contributed by atoms with Crippen LogP contribution in [0.2, 0.25) is 5.02 Å². The van der Waals surface area contributed by atoms with E-state index in [1.54, 1.807) is 24.3 Å². The highest BCUT2D eigenvalue weighted by Gasteiger charge is 2.43. The van der Waals surface area contributed by atoms with E-state index in [-0.39, 0.29) is 18.0 Å². The number of hydrogen-bond donors (Lipinski definition) is 2. The van der Waals surface area contributed by atoms with Gasteiger partial charge in [0.25, 0.3) is 5.91 Å². The number of anilines is 1. The van der Waals surface area contributed by atoms with Crippen LogP contribution in [0.5, 0.6) is 0 Å². The molecule has 3 aromatic carbocycles. The van der Waals surface area contributed by atoms with Crippen molar-refractivity contribution in [2.45, 2.75) is 25.3 Å². The Kier molecular flexibility index (Phi) is 7.74. The summed E-state index contributed by atoms with van der Waals surface area (Å²) in [6.07, 6.45) is 4.46. The number of aromatic nitrogens is 4. The van der Waals surface area contributed by atoms with Crippen molar-refractivity contribution < 1.29 is 19.5 Å². The minimum Gasteiger partial charge on any atom is -0.478 e. The highest BCUT2D eigenvalue weighted by atomic mass is 79.9. The van der Waals surface area contributed by atoms with Crippen LogP contribution in [0.15, 0.2) is 77.5 Å². The van der Waals surface area contributed by atoms with Crippen molar-refractivity contribution in [2.24, 2.45) is 0 Å². The van der Waals surface area contributed by atoms with Gasteiger partial charge in [-0.15, -0.1) is 5.10 Å². The summed E-state index contributed by atoms with van der Waals surface area (Å²) in [4.78, 5) is 40.5. The van der Waals surface area contributed by atoms with Gasteiger partial charge in [-0.1, -0.05) is 53.5 Å². The van der Waals surface area contributed by atoms with Crippen molar-refractivity contribution in [3.8, 4) is 5.69 Å². The zero-order chi connectivity index (χ0) is 29.3. The molecule has 0 saturated carbocycles. The van der Waals surface area contributed by atoms with Gasteiger partial charge in [-0.2, -0.15) is 4.68 Å². The van der Waals surface area contributed by atoms with Gasteiger partial charge in [0.2, 0.25) is 5.91 Å². The molecule has 1 aromatic heterocycles. The number of benzene rings is 3. The summed E-state index contributed by atoms with van der Waals surface area (Å²) in [5.41, 5.74) is 2.89. The van der Waals surface area contributed by atoms with Crippen molar-refractivity contribution in [2.75, 3.05) is 11.9 Å². The largest absolute Gasteiger partial charge is 0.478 e. The Bertz CT molecular complexity index is 1670. The number of hydrogen-bond acceptors (Lipinski definition) is 6. The monoisotopic (exact) mass is 634 g/mol. The second-order valence-corrected chi connectivity index (χ2v) is 11.4. The highest BCUT2D eigenvalue weighted by Crippen LogP contribution is 2.43. The van der Waals surface area contributed by atoms with Crippen LogP contribution in [0.3, 0.4) is 0 Å². The third kappa shape index (κ3) is 5.77. The second kappa shape index (κ2) is 11.3. The van der Waals surface area contributed by atoms with E-state index < -0.39 is 23.3 Å². The van der Waals surface area contributed by atoms with Crippen LogP contribution in [0.25, 0.3) is 11.8 Å². The Hall–Kier alpha value is -4.35. The molecule has 12 heteroatoms. The highest BCUT2D eigenvalue weighted by molar-refractivity contribution is 9.10. The number of nitrogens with one attached hydrogen (secondary N) is 1. The lowest BCUT2D eigenvalue weighted by atomic mass is 9.75. The van der Waals surface area contributed by atoms with E-state index in [9.17, 15) is 19.5 Å². The molecule has 0 spiro atoms. The smallest absolute Gasteiger partial charge is 0.335 e. The lowest BCUT2D eigenvalue weighted by molar-refractivity contribution is -0.136. The summed E-state index contributed by atoms with van der Waals surface area (Å²) < 4.78 is 2.16. The maximum absolute atomic E-state index is 13.8. The average molecular weight is 636 g/mol. The maximum Gasteiger partial charge on any atom is 0.335 e. The molecule has 2 amide bonds. The van der Waals surface area contributed by atoms with E-state index in [0.717, 1.165) is 5.56 Å². The molecule has 4 aromatic rings. The van der Waals surface area contributed by atoms with Gasteiger partial charge < -0.3 is 15.3 Å². The number of carbonyl (C=O) groups is 3. The molecule has 1 aliphatic rings. The third-order valence-corrected chi connectivity index (χ3v) is 7.78. The predicted molar refractivity (Wildman–Crippen MR) is 157 cm³/mol. The number of carboxylic acid groups (broad SMARTS) is 1. The number of nitrogens with zero attached hydrogens (tertiary/aromatic N) is 5. The van der Waals surface area contributed by atoms with E-state index in [2.05, 4.69) is 36.8 Å². The molecule has 5 rings (SSSR count). The van der Waals surface area contributed by atoms with Gasteiger partial charge in [-0.3, -0.25) is 9.59 Å². The Balaban J connectivity index is 1.52. The molecule has 208 valence electrons. The normalized spacial score (nSPS) is 15.9.